The zero-order chi connectivity index (χ0) is 18.4. The van der Waals surface area contributed by atoms with Crippen LogP contribution in [0.25, 0.3) is 10.9 Å². The van der Waals surface area contributed by atoms with E-state index in [-0.39, 0.29) is 18.0 Å². The van der Waals surface area contributed by atoms with Gasteiger partial charge in [0.15, 0.2) is 0 Å². The second kappa shape index (κ2) is 6.54. The zero-order valence-corrected chi connectivity index (χ0v) is 15.6. The number of aromatic nitrogens is 1. The van der Waals surface area contributed by atoms with Gasteiger partial charge in [0.25, 0.3) is 0 Å². The topological polar surface area (TPSA) is 45.2 Å². The van der Waals surface area contributed by atoms with Crippen LogP contribution in [-0.4, -0.2) is 22.3 Å². The van der Waals surface area contributed by atoms with E-state index >= 15 is 0 Å². The Balaban J connectivity index is 1.58. The van der Waals surface area contributed by atoms with Crippen molar-refractivity contribution < 1.29 is 4.79 Å². The van der Waals surface area contributed by atoms with Crippen LogP contribution in [-0.2, 0) is 4.79 Å². The van der Waals surface area contributed by atoms with Gasteiger partial charge in [-0.1, -0.05) is 48.0 Å². The molecule has 0 radical (unpaired) electrons. The molecule has 2 aliphatic rings. The molecule has 1 N–H and O–H groups in total. The lowest BCUT2D eigenvalue weighted by atomic mass is 9.88. The van der Waals surface area contributed by atoms with Crippen LogP contribution in [0, 0.1) is 0 Å². The van der Waals surface area contributed by atoms with Crippen LogP contribution in [0.2, 0.25) is 5.15 Å². The summed E-state index contributed by atoms with van der Waals surface area (Å²) in [6, 6.07) is 18.5. The van der Waals surface area contributed by atoms with Crippen molar-refractivity contribution in [3.05, 3.63) is 70.9 Å². The van der Waals surface area contributed by atoms with Gasteiger partial charge >= 0.3 is 0 Å². The average molecular weight is 378 g/mol. The predicted octanol–water partition coefficient (Wildman–Crippen LogP) is 5.11. The van der Waals surface area contributed by atoms with Crippen LogP contribution in [0.3, 0.4) is 0 Å². The maximum absolute atomic E-state index is 12.4. The molecule has 2 unspecified atom stereocenters. The Morgan fingerprint density at radius 1 is 1.07 bits per heavy atom. The van der Waals surface area contributed by atoms with E-state index in [0.29, 0.717) is 11.6 Å². The van der Waals surface area contributed by atoms with Gasteiger partial charge in [0.05, 0.1) is 17.6 Å². The molecule has 3 aromatic rings. The lowest BCUT2D eigenvalue weighted by molar-refractivity contribution is -0.130. The summed E-state index contributed by atoms with van der Waals surface area (Å²) in [7, 11) is 0. The van der Waals surface area contributed by atoms with E-state index in [4.69, 9.17) is 11.6 Å². The number of fused-ring (bicyclic) bond motifs is 2. The van der Waals surface area contributed by atoms with E-state index in [1.165, 1.54) is 5.56 Å². The third-order valence-electron chi connectivity index (χ3n) is 5.67. The molecule has 0 bridgehead atoms. The molecule has 5 heteroatoms. The SMILES string of the molecule is O=C1CCCN1C1CC(c2cc3ccccc3nc2Cl)Nc2ccccc21. The Morgan fingerprint density at radius 2 is 1.89 bits per heavy atom. The standard InChI is InChI=1S/C22H20ClN3O/c23-22-16(12-14-6-1-3-8-17(14)25-22)19-13-20(26-11-5-10-21(26)27)15-7-2-4-9-18(15)24-19/h1-4,6-9,12,19-20,24H,5,10-11,13H2. The van der Waals surface area contributed by atoms with Gasteiger partial charge in [-0.25, -0.2) is 4.98 Å². The molecule has 2 aliphatic heterocycles. The van der Waals surface area contributed by atoms with E-state index in [1.54, 1.807) is 0 Å². The molecule has 0 spiro atoms. The number of rotatable bonds is 2. The van der Waals surface area contributed by atoms with Crippen molar-refractivity contribution in [1.82, 2.24) is 9.88 Å². The molecule has 1 saturated heterocycles. The Kier molecular flexibility index (Phi) is 4.01. The molecule has 4 nitrogen and oxygen atoms in total. The highest BCUT2D eigenvalue weighted by Gasteiger charge is 2.36. The van der Waals surface area contributed by atoms with E-state index in [1.807, 2.05) is 35.2 Å². The van der Waals surface area contributed by atoms with Crippen LogP contribution in [0.15, 0.2) is 54.6 Å². The van der Waals surface area contributed by atoms with Crippen LogP contribution in [0.4, 0.5) is 5.69 Å². The minimum absolute atomic E-state index is 0.0166. The molecule has 0 aliphatic carbocycles. The average Bonchev–Trinajstić information content (AvgIpc) is 3.12. The third-order valence-corrected chi connectivity index (χ3v) is 5.98. The highest BCUT2D eigenvalue weighted by atomic mass is 35.5. The van der Waals surface area contributed by atoms with E-state index in [9.17, 15) is 4.79 Å². The molecule has 0 saturated carbocycles. The van der Waals surface area contributed by atoms with Crippen molar-refractivity contribution in [2.75, 3.05) is 11.9 Å². The number of hydrogen-bond acceptors (Lipinski definition) is 3. The first-order chi connectivity index (χ1) is 13.2. The molecule has 136 valence electrons. The molecule has 2 atom stereocenters. The first kappa shape index (κ1) is 16.6. The molecule has 1 amide bonds. The largest absolute Gasteiger partial charge is 0.378 e. The van der Waals surface area contributed by atoms with Crippen LogP contribution >= 0.6 is 11.6 Å². The minimum atomic E-state index is 0.0166. The van der Waals surface area contributed by atoms with Gasteiger partial charge in [-0.2, -0.15) is 0 Å². The van der Waals surface area contributed by atoms with Gasteiger partial charge in [-0.15, -0.1) is 0 Å². The fourth-order valence-electron chi connectivity index (χ4n) is 4.37. The van der Waals surface area contributed by atoms with E-state index in [0.717, 1.165) is 41.5 Å². The number of para-hydroxylation sites is 2. The van der Waals surface area contributed by atoms with Crippen molar-refractivity contribution >= 4 is 34.1 Å². The summed E-state index contributed by atoms with van der Waals surface area (Å²) in [4.78, 5) is 19.1. The lowest BCUT2D eigenvalue weighted by Crippen LogP contribution is -2.35. The number of likely N-dealkylation sites (tertiary alicyclic amines) is 1. The van der Waals surface area contributed by atoms with E-state index in [2.05, 4.69) is 34.6 Å². The number of carbonyl (C=O) groups excluding carboxylic acids is 1. The van der Waals surface area contributed by atoms with Crippen LogP contribution in [0.5, 0.6) is 0 Å². The number of benzene rings is 2. The maximum Gasteiger partial charge on any atom is 0.223 e. The molecular weight excluding hydrogens is 358 g/mol. The molecule has 27 heavy (non-hydrogen) atoms. The molecule has 2 aromatic carbocycles. The van der Waals surface area contributed by atoms with Gasteiger partial charge in [0.1, 0.15) is 5.15 Å². The van der Waals surface area contributed by atoms with Gasteiger partial charge < -0.3 is 10.2 Å². The summed E-state index contributed by atoms with van der Waals surface area (Å²) < 4.78 is 0. The molecule has 5 rings (SSSR count). The molecule has 1 aromatic heterocycles. The zero-order valence-electron chi connectivity index (χ0n) is 14.9. The summed E-state index contributed by atoms with van der Waals surface area (Å²) in [5.74, 6) is 0.248. The number of nitrogens with one attached hydrogen (secondary N) is 1. The Hall–Kier alpha value is -2.59. The highest BCUT2D eigenvalue weighted by molar-refractivity contribution is 6.30. The number of halogens is 1. The first-order valence-corrected chi connectivity index (χ1v) is 9.78. The Labute approximate surface area is 163 Å². The monoisotopic (exact) mass is 377 g/mol. The highest BCUT2D eigenvalue weighted by Crippen LogP contribution is 2.44. The normalized spacial score (nSPS) is 22.0. The number of hydrogen-bond donors (Lipinski definition) is 1. The number of pyridine rings is 1. The van der Waals surface area contributed by atoms with Crippen molar-refractivity contribution in [2.45, 2.75) is 31.3 Å². The molecule has 3 heterocycles. The number of amides is 1. The van der Waals surface area contributed by atoms with Crippen molar-refractivity contribution in [2.24, 2.45) is 0 Å². The number of nitrogens with zero attached hydrogens (tertiary/aromatic N) is 2. The number of anilines is 1. The number of carbonyl (C=O) groups is 1. The van der Waals surface area contributed by atoms with Crippen molar-refractivity contribution in [1.29, 1.82) is 0 Å². The van der Waals surface area contributed by atoms with Gasteiger partial charge in [-0.05, 0) is 36.6 Å². The molecular formula is C22H20ClN3O. The first-order valence-electron chi connectivity index (χ1n) is 9.41. The fourth-order valence-corrected chi connectivity index (χ4v) is 4.64. The molecule has 1 fully saturated rings. The Bertz CT molecular complexity index is 1030. The van der Waals surface area contributed by atoms with Crippen molar-refractivity contribution in [3.63, 3.8) is 0 Å². The summed E-state index contributed by atoms with van der Waals surface area (Å²) >= 11 is 6.57. The summed E-state index contributed by atoms with van der Waals surface area (Å²) in [5.41, 5.74) is 4.15. The van der Waals surface area contributed by atoms with Gasteiger partial charge in [0.2, 0.25) is 5.91 Å². The van der Waals surface area contributed by atoms with Crippen LogP contribution < -0.4 is 5.32 Å². The quantitative estimate of drug-likeness (QED) is 0.631. The third kappa shape index (κ3) is 2.85. The Morgan fingerprint density at radius 3 is 2.74 bits per heavy atom. The lowest BCUT2D eigenvalue weighted by Gasteiger charge is -2.38. The summed E-state index contributed by atoms with van der Waals surface area (Å²) in [6.07, 6.45) is 2.38. The second-order valence-corrected chi connectivity index (χ2v) is 7.65. The summed E-state index contributed by atoms with van der Waals surface area (Å²) in [6.45, 7) is 0.828. The smallest absolute Gasteiger partial charge is 0.223 e. The maximum atomic E-state index is 12.4. The van der Waals surface area contributed by atoms with Gasteiger partial charge in [0, 0.05) is 29.6 Å². The summed E-state index contributed by atoms with van der Waals surface area (Å²) in [5, 5.41) is 5.23. The second-order valence-electron chi connectivity index (χ2n) is 7.29. The minimum Gasteiger partial charge on any atom is -0.378 e. The predicted molar refractivity (Wildman–Crippen MR) is 108 cm³/mol. The van der Waals surface area contributed by atoms with Crippen LogP contribution in [0.1, 0.15) is 42.5 Å². The van der Waals surface area contributed by atoms with Gasteiger partial charge in [-0.3, -0.25) is 4.79 Å². The van der Waals surface area contributed by atoms with E-state index < -0.39 is 0 Å². The van der Waals surface area contributed by atoms with Crippen molar-refractivity contribution in [3.8, 4) is 0 Å². The fraction of sp³-hybridized carbons (Fsp3) is 0.273.